The first-order chi connectivity index (χ1) is 8.31. The third-order valence-electron chi connectivity index (χ3n) is 3.15. The van der Waals surface area contributed by atoms with Crippen molar-refractivity contribution in [2.45, 2.75) is 51.4 Å². The van der Waals surface area contributed by atoms with Crippen LogP contribution in [0, 0.1) is 0 Å². The normalized spacial score (nSPS) is 26.0. The van der Waals surface area contributed by atoms with Gasteiger partial charge < -0.3 is 10.1 Å². The first-order valence-corrected chi connectivity index (χ1v) is 6.46. The second-order valence-electron chi connectivity index (χ2n) is 4.62. The molecule has 1 aromatic heterocycles. The maximum atomic E-state index is 5.94. The summed E-state index contributed by atoms with van der Waals surface area (Å²) < 4.78 is 5.94. The number of rotatable bonds is 5. The number of hydrogen-bond acceptors (Lipinski definition) is 4. The van der Waals surface area contributed by atoms with Crippen LogP contribution in [0.5, 0.6) is 0 Å². The molecule has 1 aromatic rings. The van der Waals surface area contributed by atoms with Crippen LogP contribution < -0.4 is 5.32 Å². The lowest BCUT2D eigenvalue weighted by atomic mass is 10.0. The standard InChI is InChI=1S/C13H21N3O/c1-3-6-16-13(11-9-14-7-8-15-11)12-5-4-10(2)17-12/h7-10,12-13,16H,3-6H2,1-2H3. The van der Waals surface area contributed by atoms with Crippen molar-refractivity contribution in [2.75, 3.05) is 6.54 Å². The van der Waals surface area contributed by atoms with Gasteiger partial charge in [-0.2, -0.15) is 0 Å². The molecule has 0 radical (unpaired) electrons. The molecule has 0 spiro atoms. The summed E-state index contributed by atoms with van der Waals surface area (Å²) in [6, 6.07) is 0.175. The van der Waals surface area contributed by atoms with E-state index in [0.29, 0.717) is 6.10 Å². The number of ether oxygens (including phenoxy) is 1. The summed E-state index contributed by atoms with van der Waals surface area (Å²) in [5, 5.41) is 3.52. The lowest BCUT2D eigenvalue weighted by molar-refractivity contribution is 0.0306. The molecule has 0 saturated carbocycles. The molecule has 1 N–H and O–H groups in total. The van der Waals surface area contributed by atoms with Crippen LogP contribution in [0.25, 0.3) is 0 Å². The van der Waals surface area contributed by atoms with Crippen LogP contribution in [-0.2, 0) is 4.74 Å². The molecule has 2 heterocycles. The number of aromatic nitrogens is 2. The Bertz CT molecular complexity index is 331. The van der Waals surface area contributed by atoms with Gasteiger partial charge in [0.05, 0.1) is 30.1 Å². The SMILES string of the molecule is CCCNC(c1cnccn1)C1CCC(C)O1. The zero-order valence-corrected chi connectivity index (χ0v) is 10.6. The quantitative estimate of drug-likeness (QED) is 0.849. The van der Waals surface area contributed by atoms with E-state index >= 15 is 0 Å². The molecular formula is C13H21N3O. The molecule has 1 saturated heterocycles. The van der Waals surface area contributed by atoms with Gasteiger partial charge in [-0.15, -0.1) is 0 Å². The van der Waals surface area contributed by atoms with Crippen molar-refractivity contribution in [3.05, 3.63) is 24.3 Å². The largest absolute Gasteiger partial charge is 0.373 e. The van der Waals surface area contributed by atoms with Gasteiger partial charge in [0.15, 0.2) is 0 Å². The van der Waals surface area contributed by atoms with Gasteiger partial charge in [-0.3, -0.25) is 9.97 Å². The molecule has 0 aromatic carbocycles. The maximum Gasteiger partial charge on any atom is 0.0790 e. The van der Waals surface area contributed by atoms with Crippen molar-refractivity contribution in [3.63, 3.8) is 0 Å². The van der Waals surface area contributed by atoms with E-state index < -0.39 is 0 Å². The fraction of sp³-hybridized carbons (Fsp3) is 0.692. The molecule has 3 atom stereocenters. The second-order valence-corrected chi connectivity index (χ2v) is 4.62. The molecule has 94 valence electrons. The van der Waals surface area contributed by atoms with Crippen LogP contribution in [0.3, 0.4) is 0 Å². The van der Waals surface area contributed by atoms with Crippen LogP contribution in [-0.4, -0.2) is 28.7 Å². The highest BCUT2D eigenvalue weighted by atomic mass is 16.5. The topological polar surface area (TPSA) is 47.0 Å². The van der Waals surface area contributed by atoms with Crippen molar-refractivity contribution in [1.82, 2.24) is 15.3 Å². The lowest BCUT2D eigenvalue weighted by Crippen LogP contribution is -2.33. The van der Waals surface area contributed by atoms with Crippen molar-refractivity contribution < 1.29 is 4.74 Å². The van der Waals surface area contributed by atoms with E-state index in [-0.39, 0.29) is 12.1 Å². The summed E-state index contributed by atoms with van der Waals surface area (Å²) in [6.45, 7) is 5.28. The molecular weight excluding hydrogens is 214 g/mol. The number of hydrogen-bond donors (Lipinski definition) is 1. The second kappa shape index (κ2) is 6.07. The minimum atomic E-state index is 0.175. The van der Waals surface area contributed by atoms with E-state index in [1.165, 1.54) is 0 Å². The minimum Gasteiger partial charge on any atom is -0.373 e. The van der Waals surface area contributed by atoms with E-state index in [2.05, 4.69) is 29.1 Å². The highest BCUT2D eigenvalue weighted by Gasteiger charge is 2.31. The molecule has 4 heteroatoms. The van der Waals surface area contributed by atoms with Crippen molar-refractivity contribution in [3.8, 4) is 0 Å². The van der Waals surface area contributed by atoms with Gasteiger partial charge in [0.25, 0.3) is 0 Å². The lowest BCUT2D eigenvalue weighted by Gasteiger charge is -2.24. The van der Waals surface area contributed by atoms with Crippen molar-refractivity contribution in [1.29, 1.82) is 0 Å². The summed E-state index contributed by atoms with van der Waals surface area (Å²) >= 11 is 0. The van der Waals surface area contributed by atoms with Crippen LogP contribution in [0.1, 0.15) is 44.8 Å². The Morgan fingerprint density at radius 2 is 2.35 bits per heavy atom. The minimum absolute atomic E-state index is 0.175. The Kier molecular flexibility index (Phi) is 4.45. The summed E-state index contributed by atoms with van der Waals surface area (Å²) in [7, 11) is 0. The zero-order chi connectivity index (χ0) is 12.1. The molecule has 3 unspecified atom stereocenters. The zero-order valence-electron chi connectivity index (χ0n) is 10.6. The van der Waals surface area contributed by atoms with Crippen LogP contribution >= 0.6 is 0 Å². The predicted octanol–water partition coefficient (Wildman–Crippen LogP) is 2.08. The van der Waals surface area contributed by atoms with Gasteiger partial charge in [0.1, 0.15) is 0 Å². The molecule has 1 fully saturated rings. The Labute approximate surface area is 103 Å². The fourth-order valence-corrected chi connectivity index (χ4v) is 2.28. The maximum absolute atomic E-state index is 5.94. The average Bonchev–Trinajstić information content (AvgIpc) is 2.78. The third-order valence-corrected chi connectivity index (χ3v) is 3.15. The van der Waals surface area contributed by atoms with Crippen molar-refractivity contribution >= 4 is 0 Å². The van der Waals surface area contributed by atoms with Gasteiger partial charge in [-0.25, -0.2) is 0 Å². The Hall–Kier alpha value is -1.00. The summed E-state index contributed by atoms with van der Waals surface area (Å²) in [5.74, 6) is 0. The Morgan fingerprint density at radius 3 is 2.94 bits per heavy atom. The van der Waals surface area contributed by atoms with Gasteiger partial charge >= 0.3 is 0 Å². The fourth-order valence-electron chi connectivity index (χ4n) is 2.28. The molecule has 0 aliphatic carbocycles. The van der Waals surface area contributed by atoms with Crippen LogP contribution in [0.2, 0.25) is 0 Å². The van der Waals surface area contributed by atoms with E-state index in [1.54, 1.807) is 12.4 Å². The molecule has 1 aliphatic heterocycles. The number of nitrogens with zero attached hydrogens (tertiary/aromatic N) is 2. The highest BCUT2D eigenvalue weighted by Crippen LogP contribution is 2.28. The summed E-state index contributed by atoms with van der Waals surface area (Å²) in [6.07, 6.45) is 9.22. The molecule has 0 amide bonds. The van der Waals surface area contributed by atoms with Gasteiger partial charge in [-0.1, -0.05) is 6.92 Å². The highest BCUT2D eigenvalue weighted by molar-refractivity contribution is 5.06. The molecule has 1 aliphatic rings. The molecule has 17 heavy (non-hydrogen) atoms. The molecule has 0 bridgehead atoms. The Morgan fingerprint density at radius 1 is 1.47 bits per heavy atom. The van der Waals surface area contributed by atoms with E-state index in [1.807, 2.05) is 6.20 Å². The molecule has 2 rings (SSSR count). The first-order valence-electron chi connectivity index (χ1n) is 6.46. The van der Waals surface area contributed by atoms with E-state index in [9.17, 15) is 0 Å². The van der Waals surface area contributed by atoms with E-state index in [0.717, 1.165) is 31.5 Å². The third kappa shape index (κ3) is 3.23. The Balaban J connectivity index is 2.08. The summed E-state index contributed by atoms with van der Waals surface area (Å²) in [4.78, 5) is 8.54. The smallest absolute Gasteiger partial charge is 0.0790 e. The van der Waals surface area contributed by atoms with Gasteiger partial charge in [0, 0.05) is 12.4 Å². The average molecular weight is 235 g/mol. The van der Waals surface area contributed by atoms with Gasteiger partial charge in [-0.05, 0) is 32.7 Å². The van der Waals surface area contributed by atoms with Crippen molar-refractivity contribution in [2.24, 2.45) is 0 Å². The molecule has 4 nitrogen and oxygen atoms in total. The van der Waals surface area contributed by atoms with E-state index in [4.69, 9.17) is 4.74 Å². The van der Waals surface area contributed by atoms with Crippen LogP contribution in [0.15, 0.2) is 18.6 Å². The first kappa shape index (κ1) is 12.5. The monoisotopic (exact) mass is 235 g/mol. The predicted molar refractivity (Wildman–Crippen MR) is 66.6 cm³/mol. The number of nitrogens with one attached hydrogen (secondary N) is 1. The van der Waals surface area contributed by atoms with Gasteiger partial charge in [0.2, 0.25) is 0 Å². The van der Waals surface area contributed by atoms with Crippen LogP contribution in [0.4, 0.5) is 0 Å². The summed E-state index contributed by atoms with van der Waals surface area (Å²) in [5.41, 5.74) is 0.986.